The van der Waals surface area contributed by atoms with Gasteiger partial charge in [-0.3, -0.25) is 9.80 Å². The molecule has 2 heterocycles. The summed E-state index contributed by atoms with van der Waals surface area (Å²) in [7, 11) is 0. The molecule has 0 saturated carbocycles. The topological polar surface area (TPSA) is 18.5 Å². The molecule has 2 rings (SSSR count). The lowest BCUT2D eigenvalue weighted by atomic mass is 9.95. The molecule has 0 spiro atoms. The second-order valence-electron chi connectivity index (χ2n) is 7.78. The molecule has 0 amide bonds. The molecule has 2 aliphatic heterocycles. The normalized spacial score (nSPS) is 29.6. The third-order valence-corrected chi connectivity index (χ3v) is 5.33. The van der Waals surface area contributed by atoms with Gasteiger partial charge < -0.3 is 5.32 Å². The molecule has 3 unspecified atom stereocenters. The summed E-state index contributed by atoms with van der Waals surface area (Å²) in [6.07, 6.45) is 6.93. The fourth-order valence-electron chi connectivity index (χ4n) is 4.07. The van der Waals surface area contributed by atoms with E-state index in [0.29, 0.717) is 0 Å². The SMILES string of the molecule is CC(C)CNCCCC(C)N1CC2CCCCN2CC1C. The summed E-state index contributed by atoms with van der Waals surface area (Å²) in [5.74, 6) is 0.766. The summed E-state index contributed by atoms with van der Waals surface area (Å²) < 4.78 is 0. The van der Waals surface area contributed by atoms with E-state index in [1.54, 1.807) is 0 Å². The van der Waals surface area contributed by atoms with Crippen molar-refractivity contribution < 1.29 is 0 Å². The standard InChI is InChI=1S/C18H37N3/c1-15(2)12-19-10-7-8-16(3)21-14-18-9-5-6-11-20(18)13-17(21)4/h15-19H,5-14H2,1-4H3. The quantitative estimate of drug-likeness (QED) is 0.729. The summed E-state index contributed by atoms with van der Waals surface area (Å²) in [5.41, 5.74) is 0. The van der Waals surface area contributed by atoms with Crippen LogP contribution in [0.1, 0.15) is 59.8 Å². The first-order valence-corrected chi connectivity index (χ1v) is 9.28. The van der Waals surface area contributed by atoms with E-state index in [-0.39, 0.29) is 0 Å². The fraction of sp³-hybridized carbons (Fsp3) is 1.00. The van der Waals surface area contributed by atoms with Gasteiger partial charge in [-0.1, -0.05) is 20.3 Å². The van der Waals surface area contributed by atoms with Gasteiger partial charge in [0.2, 0.25) is 0 Å². The molecule has 0 bridgehead atoms. The number of piperidine rings is 1. The number of piperazine rings is 1. The van der Waals surface area contributed by atoms with Crippen LogP contribution in [-0.4, -0.2) is 60.6 Å². The van der Waals surface area contributed by atoms with Crippen molar-refractivity contribution in [3.8, 4) is 0 Å². The van der Waals surface area contributed by atoms with Crippen molar-refractivity contribution in [3.05, 3.63) is 0 Å². The first kappa shape index (κ1) is 17.2. The smallest absolute Gasteiger partial charge is 0.0224 e. The van der Waals surface area contributed by atoms with Crippen LogP contribution in [0, 0.1) is 5.92 Å². The van der Waals surface area contributed by atoms with Crippen LogP contribution in [0.3, 0.4) is 0 Å². The number of hydrogen-bond acceptors (Lipinski definition) is 3. The Kier molecular flexibility index (Phi) is 6.97. The summed E-state index contributed by atoms with van der Waals surface area (Å²) in [5, 5.41) is 3.57. The van der Waals surface area contributed by atoms with Crippen LogP contribution < -0.4 is 5.32 Å². The van der Waals surface area contributed by atoms with E-state index >= 15 is 0 Å². The minimum Gasteiger partial charge on any atom is -0.316 e. The first-order valence-electron chi connectivity index (χ1n) is 9.28. The molecule has 0 aromatic carbocycles. The highest BCUT2D eigenvalue weighted by Gasteiger charge is 2.34. The van der Waals surface area contributed by atoms with Gasteiger partial charge in [-0.25, -0.2) is 0 Å². The molecule has 21 heavy (non-hydrogen) atoms. The molecular formula is C18H37N3. The monoisotopic (exact) mass is 295 g/mol. The minimum atomic E-state index is 0.734. The van der Waals surface area contributed by atoms with Gasteiger partial charge in [0.25, 0.3) is 0 Å². The van der Waals surface area contributed by atoms with Crippen molar-refractivity contribution in [2.75, 3.05) is 32.7 Å². The van der Waals surface area contributed by atoms with Crippen LogP contribution in [0.5, 0.6) is 0 Å². The van der Waals surface area contributed by atoms with Gasteiger partial charge in [-0.05, 0) is 65.1 Å². The van der Waals surface area contributed by atoms with Crippen LogP contribution in [0.2, 0.25) is 0 Å². The number of fused-ring (bicyclic) bond motifs is 1. The Morgan fingerprint density at radius 2 is 1.95 bits per heavy atom. The Balaban J connectivity index is 1.70. The van der Waals surface area contributed by atoms with Crippen LogP contribution in [0.15, 0.2) is 0 Å². The van der Waals surface area contributed by atoms with Gasteiger partial charge in [0, 0.05) is 31.2 Å². The molecule has 124 valence electrons. The zero-order valence-electron chi connectivity index (χ0n) is 14.8. The molecular weight excluding hydrogens is 258 g/mol. The summed E-state index contributed by atoms with van der Waals surface area (Å²) in [4.78, 5) is 5.54. The average molecular weight is 296 g/mol. The van der Waals surface area contributed by atoms with Crippen molar-refractivity contribution in [1.82, 2.24) is 15.1 Å². The Bertz CT molecular complexity index is 292. The van der Waals surface area contributed by atoms with E-state index in [9.17, 15) is 0 Å². The van der Waals surface area contributed by atoms with Crippen molar-refractivity contribution in [2.24, 2.45) is 5.92 Å². The third kappa shape index (κ3) is 5.22. The number of nitrogens with one attached hydrogen (secondary N) is 1. The van der Waals surface area contributed by atoms with Crippen molar-refractivity contribution in [2.45, 2.75) is 77.9 Å². The van der Waals surface area contributed by atoms with E-state index in [1.165, 1.54) is 58.3 Å². The van der Waals surface area contributed by atoms with Gasteiger partial charge in [-0.2, -0.15) is 0 Å². The Hall–Kier alpha value is -0.120. The zero-order valence-corrected chi connectivity index (χ0v) is 14.8. The molecule has 3 nitrogen and oxygen atoms in total. The lowest BCUT2D eigenvalue weighted by Gasteiger charge is -2.49. The maximum Gasteiger partial charge on any atom is 0.0224 e. The Morgan fingerprint density at radius 3 is 2.71 bits per heavy atom. The highest BCUT2D eigenvalue weighted by molar-refractivity contribution is 4.90. The molecule has 0 aromatic heterocycles. The Labute approximate surface area is 132 Å². The molecule has 1 N–H and O–H groups in total. The fourth-order valence-corrected chi connectivity index (χ4v) is 4.07. The molecule has 2 saturated heterocycles. The van der Waals surface area contributed by atoms with Crippen molar-refractivity contribution in [1.29, 1.82) is 0 Å². The highest BCUT2D eigenvalue weighted by Crippen LogP contribution is 2.26. The second kappa shape index (κ2) is 8.50. The second-order valence-corrected chi connectivity index (χ2v) is 7.78. The van der Waals surface area contributed by atoms with Crippen molar-refractivity contribution >= 4 is 0 Å². The van der Waals surface area contributed by atoms with Crippen LogP contribution >= 0.6 is 0 Å². The van der Waals surface area contributed by atoms with Crippen LogP contribution in [0.4, 0.5) is 0 Å². The minimum absolute atomic E-state index is 0.734. The Morgan fingerprint density at radius 1 is 1.14 bits per heavy atom. The predicted octanol–water partition coefficient (Wildman–Crippen LogP) is 2.96. The maximum atomic E-state index is 3.57. The predicted molar refractivity (Wildman–Crippen MR) is 91.8 cm³/mol. The molecule has 0 radical (unpaired) electrons. The summed E-state index contributed by atoms with van der Waals surface area (Å²) in [6.45, 7) is 15.7. The van der Waals surface area contributed by atoms with Gasteiger partial charge in [-0.15, -0.1) is 0 Å². The van der Waals surface area contributed by atoms with Crippen LogP contribution in [0.25, 0.3) is 0 Å². The molecule has 0 aromatic rings. The largest absolute Gasteiger partial charge is 0.316 e. The maximum absolute atomic E-state index is 3.57. The number of hydrogen-bond donors (Lipinski definition) is 1. The third-order valence-electron chi connectivity index (χ3n) is 5.33. The van der Waals surface area contributed by atoms with Gasteiger partial charge >= 0.3 is 0 Å². The summed E-state index contributed by atoms with van der Waals surface area (Å²) >= 11 is 0. The lowest BCUT2D eigenvalue weighted by Crippen LogP contribution is -2.60. The summed E-state index contributed by atoms with van der Waals surface area (Å²) in [6, 6.07) is 2.32. The van der Waals surface area contributed by atoms with Crippen molar-refractivity contribution in [3.63, 3.8) is 0 Å². The van der Waals surface area contributed by atoms with Gasteiger partial charge in [0.1, 0.15) is 0 Å². The van der Waals surface area contributed by atoms with Gasteiger partial charge in [0.05, 0.1) is 0 Å². The van der Waals surface area contributed by atoms with Crippen LogP contribution in [-0.2, 0) is 0 Å². The van der Waals surface area contributed by atoms with E-state index in [0.717, 1.165) is 30.6 Å². The zero-order chi connectivity index (χ0) is 15.2. The van der Waals surface area contributed by atoms with E-state index in [4.69, 9.17) is 0 Å². The van der Waals surface area contributed by atoms with Gasteiger partial charge in [0.15, 0.2) is 0 Å². The first-order chi connectivity index (χ1) is 10.1. The average Bonchev–Trinajstić information content (AvgIpc) is 2.45. The number of rotatable bonds is 7. The molecule has 2 aliphatic rings. The van der Waals surface area contributed by atoms with E-state index in [2.05, 4.69) is 42.8 Å². The van der Waals surface area contributed by atoms with E-state index < -0.39 is 0 Å². The lowest BCUT2D eigenvalue weighted by molar-refractivity contribution is -0.00595. The highest BCUT2D eigenvalue weighted by atomic mass is 15.3. The molecule has 0 aliphatic carbocycles. The molecule has 3 heteroatoms. The molecule has 3 atom stereocenters. The molecule has 2 fully saturated rings. The van der Waals surface area contributed by atoms with E-state index in [1.807, 2.05) is 0 Å². The number of nitrogens with zero attached hydrogens (tertiary/aromatic N) is 2.